The SMILES string of the molecule is CCOCCOc1ccc(C(N)=S)cn1. The second kappa shape index (κ2) is 6.31. The summed E-state index contributed by atoms with van der Waals surface area (Å²) in [6.45, 7) is 3.69. The Bertz CT molecular complexity index is 314. The van der Waals surface area contributed by atoms with Crippen LogP contribution in [0.25, 0.3) is 0 Å². The van der Waals surface area contributed by atoms with Crippen LogP contribution in [0.4, 0.5) is 0 Å². The van der Waals surface area contributed by atoms with Crippen LogP contribution in [0.1, 0.15) is 12.5 Å². The van der Waals surface area contributed by atoms with Gasteiger partial charge in [0.25, 0.3) is 0 Å². The summed E-state index contributed by atoms with van der Waals surface area (Å²) < 4.78 is 10.4. The number of thiocarbonyl (C=S) groups is 1. The van der Waals surface area contributed by atoms with Crippen LogP contribution in [0.5, 0.6) is 5.88 Å². The Labute approximate surface area is 94.4 Å². The first kappa shape index (κ1) is 11.9. The molecule has 0 unspecified atom stereocenters. The minimum Gasteiger partial charge on any atom is -0.475 e. The lowest BCUT2D eigenvalue weighted by molar-refractivity contribution is 0.108. The lowest BCUT2D eigenvalue weighted by Crippen LogP contribution is -2.10. The van der Waals surface area contributed by atoms with Crippen LogP contribution < -0.4 is 10.5 Å². The third-order valence-electron chi connectivity index (χ3n) is 1.70. The van der Waals surface area contributed by atoms with Crippen molar-refractivity contribution in [3.63, 3.8) is 0 Å². The molecule has 0 aliphatic carbocycles. The van der Waals surface area contributed by atoms with E-state index in [0.717, 1.165) is 5.56 Å². The van der Waals surface area contributed by atoms with Gasteiger partial charge < -0.3 is 15.2 Å². The van der Waals surface area contributed by atoms with Gasteiger partial charge in [-0.05, 0) is 13.0 Å². The molecule has 0 saturated carbocycles. The fraction of sp³-hybridized carbons (Fsp3) is 0.400. The highest BCUT2D eigenvalue weighted by atomic mass is 32.1. The molecular formula is C10H14N2O2S. The number of hydrogen-bond donors (Lipinski definition) is 1. The van der Waals surface area contributed by atoms with Gasteiger partial charge in [0.15, 0.2) is 0 Å². The van der Waals surface area contributed by atoms with Crippen LogP contribution >= 0.6 is 12.2 Å². The predicted octanol–water partition coefficient (Wildman–Crippen LogP) is 1.13. The summed E-state index contributed by atoms with van der Waals surface area (Å²) in [6, 6.07) is 3.52. The average molecular weight is 226 g/mol. The third kappa shape index (κ3) is 4.22. The maximum atomic E-state index is 5.43. The Balaban J connectivity index is 2.39. The summed E-state index contributed by atoms with van der Waals surface area (Å²) in [5.74, 6) is 0.551. The number of ether oxygens (including phenoxy) is 2. The molecule has 2 N–H and O–H groups in total. The minimum absolute atomic E-state index is 0.336. The van der Waals surface area contributed by atoms with Gasteiger partial charge in [-0.15, -0.1) is 0 Å². The standard InChI is InChI=1S/C10H14N2O2S/c1-2-13-5-6-14-9-4-3-8(7-12-9)10(11)15/h3-4,7H,2,5-6H2,1H3,(H2,11,15). The molecule has 0 amide bonds. The monoisotopic (exact) mass is 226 g/mol. The summed E-state index contributed by atoms with van der Waals surface area (Å²) >= 11 is 4.80. The molecule has 0 aromatic carbocycles. The molecule has 0 bridgehead atoms. The maximum Gasteiger partial charge on any atom is 0.213 e. The molecule has 0 atom stereocenters. The van der Waals surface area contributed by atoms with Gasteiger partial charge >= 0.3 is 0 Å². The van der Waals surface area contributed by atoms with Crippen LogP contribution in [0.3, 0.4) is 0 Å². The van der Waals surface area contributed by atoms with E-state index < -0.39 is 0 Å². The van der Waals surface area contributed by atoms with Crippen molar-refractivity contribution in [3.8, 4) is 5.88 Å². The Hall–Kier alpha value is -1.20. The van der Waals surface area contributed by atoms with Crippen LogP contribution in [0, 0.1) is 0 Å². The molecule has 0 aliphatic rings. The number of aromatic nitrogens is 1. The third-order valence-corrected chi connectivity index (χ3v) is 1.94. The first-order valence-electron chi connectivity index (χ1n) is 4.70. The lowest BCUT2D eigenvalue weighted by Gasteiger charge is -2.05. The van der Waals surface area contributed by atoms with Crippen molar-refractivity contribution in [1.82, 2.24) is 4.98 Å². The summed E-state index contributed by atoms with van der Waals surface area (Å²) in [5, 5.41) is 0. The first-order chi connectivity index (χ1) is 7.24. The Kier molecular flexibility index (Phi) is 5.00. The van der Waals surface area contributed by atoms with Gasteiger partial charge in [-0.1, -0.05) is 12.2 Å². The molecule has 0 saturated heterocycles. The Morgan fingerprint density at radius 3 is 2.80 bits per heavy atom. The number of hydrogen-bond acceptors (Lipinski definition) is 4. The zero-order valence-electron chi connectivity index (χ0n) is 8.60. The molecule has 0 spiro atoms. The van der Waals surface area contributed by atoms with E-state index in [1.165, 1.54) is 0 Å². The van der Waals surface area contributed by atoms with Crippen molar-refractivity contribution in [3.05, 3.63) is 23.9 Å². The van der Waals surface area contributed by atoms with Crippen molar-refractivity contribution >= 4 is 17.2 Å². The molecule has 1 rings (SSSR count). The van der Waals surface area contributed by atoms with Crippen molar-refractivity contribution in [2.45, 2.75) is 6.92 Å². The normalized spacial score (nSPS) is 9.93. The molecule has 4 nitrogen and oxygen atoms in total. The van der Waals surface area contributed by atoms with Crippen LogP contribution in [0.2, 0.25) is 0 Å². The van der Waals surface area contributed by atoms with Gasteiger partial charge in [-0.25, -0.2) is 4.98 Å². The molecule has 0 radical (unpaired) electrons. The van der Waals surface area contributed by atoms with E-state index in [0.29, 0.717) is 30.7 Å². The van der Waals surface area contributed by atoms with Crippen LogP contribution in [-0.2, 0) is 4.74 Å². The molecule has 0 fully saturated rings. The molecule has 5 heteroatoms. The van der Waals surface area contributed by atoms with Gasteiger partial charge in [0.05, 0.1) is 6.61 Å². The zero-order chi connectivity index (χ0) is 11.1. The van der Waals surface area contributed by atoms with Crippen LogP contribution in [-0.4, -0.2) is 29.8 Å². The van der Waals surface area contributed by atoms with Crippen molar-refractivity contribution in [2.24, 2.45) is 5.73 Å². The van der Waals surface area contributed by atoms with Gasteiger partial charge in [-0.2, -0.15) is 0 Å². The molecule has 1 aromatic heterocycles. The second-order valence-corrected chi connectivity index (χ2v) is 3.23. The van der Waals surface area contributed by atoms with Gasteiger partial charge in [0.1, 0.15) is 11.6 Å². The molecule has 1 aromatic rings. The molecule has 82 valence electrons. The molecular weight excluding hydrogens is 212 g/mol. The second-order valence-electron chi connectivity index (χ2n) is 2.79. The minimum atomic E-state index is 0.336. The first-order valence-corrected chi connectivity index (χ1v) is 5.11. The highest BCUT2D eigenvalue weighted by molar-refractivity contribution is 7.80. The Morgan fingerprint density at radius 1 is 1.47 bits per heavy atom. The number of nitrogens with two attached hydrogens (primary N) is 1. The Morgan fingerprint density at radius 2 is 2.27 bits per heavy atom. The average Bonchev–Trinajstić information content (AvgIpc) is 2.25. The summed E-state index contributed by atoms with van der Waals surface area (Å²) in [5.41, 5.74) is 6.17. The molecule has 15 heavy (non-hydrogen) atoms. The predicted molar refractivity (Wildman–Crippen MR) is 62.1 cm³/mol. The van der Waals surface area contributed by atoms with E-state index in [9.17, 15) is 0 Å². The largest absolute Gasteiger partial charge is 0.475 e. The fourth-order valence-electron chi connectivity index (χ4n) is 0.961. The van der Waals surface area contributed by atoms with Gasteiger partial charge in [0.2, 0.25) is 5.88 Å². The van der Waals surface area contributed by atoms with Crippen LogP contribution in [0.15, 0.2) is 18.3 Å². The molecule has 0 aliphatic heterocycles. The maximum absolute atomic E-state index is 5.43. The van der Waals surface area contributed by atoms with Crippen molar-refractivity contribution in [1.29, 1.82) is 0 Å². The van der Waals surface area contributed by atoms with E-state index in [4.69, 9.17) is 27.4 Å². The topological polar surface area (TPSA) is 57.4 Å². The fourth-order valence-corrected chi connectivity index (χ4v) is 1.08. The number of nitrogens with zero attached hydrogens (tertiary/aromatic N) is 1. The zero-order valence-corrected chi connectivity index (χ0v) is 9.42. The quantitative estimate of drug-likeness (QED) is 0.582. The molecule has 1 heterocycles. The van der Waals surface area contributed by atoms with E-state index in [-0.39, 0.29) is 0 Å². The highest BCUT2D eigenvalue weighted by Gasteiger charge is 1.98. The van der Waals surface area contributed by atoms with Gasteiger partial charge in [0, 0.05) is 24.4 Å². The van der Waals surface area contributed by atoms with E-state index in [1.807, 2.05) is 6.92 Å². The summed E-state index contributed by atoms with van der Waals surface area (Å²) in [4.78, 5) is 4.39. The van der Waals surface area contributed by atoms with Crippen molar-refractivity contribution in [2.75, 3.05) is 19.8 Å². The van der Waals surface area contributed by atoms with E-state index in [1.54, 1.807) is 18.3 Å². The van der Waals surface area contributed by atoms with E-state index in [2.05, 4.69) is 4.98 Å². The smallest absolute Gasteiger partial charge is 0.213 e. The van der Waals surface area contributed by atoms with Gasteiger partial charge in [-0.3, -0.25) is 0 Å². The number of pyridine rings is 1. The summed E-state index contributed by atoms with van der Waals surface area (Å²) in [6.07, 6.45) is 1.60. The highest BCUT2D eigenvalue weighted by Crippen LogP contribution is 2.07. The van der Waals surface area contributed by atoms with E-state index >= 15 is 0 Å². The van der Waals surface area contributed by atoms with Crippen molar-refractivity contribution < 1.29 is 9.47 Å². The summed E-state index contributed by atoms with van der Waals surface area (Å²) in [7, 11) is 0. The number of rotatable bonds is 6. The lowest BCUT2D eigenvalue weighted by atomic mass is 10.3.